The van der Waals surface area contributed by atoms with E-state index in [1.54, 1.807) is 19.1 Å². The van der Waals surface area contributed by atoms with Crippen LogP contribution in [-0.2, 0) is 0 Å². The number of aryl methyl sites for hydroxylation is 1. The summed E-state index contributed by atoms with van der Waals surface area (Å²) in [6, 6.07) is 3.27. The lowest BCUT2D eigenvalue weighted by molar-refractivity contribution is 0.499. The fourth-order valence-corrected chi connectivity index (χ4v) is 0.798. The Morgan fingerprint density at radius 1 is 1.31 bits per heavy atom. The minimum Gasteiger partial charge on any atom is -0.445 e. The van der Waals surface area contributed by atoms with Crippen LogP contribution in [0, 0.1) is 6.92 Å². The minimum absolute atomic E-state index is 0.256. The van der Waals surface area contributed by atoms with E-state index >= 15 is 0 Å². The Morgan fingerprint density at radius 2 is 2.00 bits per heavy atom. The Bertz CT molecular complexity index is 302. The van der Waals surface area contributed by atoms with Crippen LogP contribution in [-0.4, -0.2) is 12.0 Å². The maximum Gasteiger partial charge on any atom is 0.502 e. The summed E-state index contributed by atoms with van der Waals surface area (Å²) in [6.07, 6.45) is 2.43. The van der Waals surface area contributed by atoms with Crippen LogP contribution in [0.2, 0.25) is 0 Å². The molecule has 0 N–H and O–H groups in total. The third-order valence-corrected chi connectivity index (χ3v) is 1.44. The predicted molar refractivity (Wildman–Crippen MR) is 47.1 cm³/mol. The van der Waals surface area contributed by atoms with Crippen molar-refractivity contribution >= 4 is 13.1 Å². The molecule has 1 rings (SSSR count). The summed E-state index contributed by atoms with van der Waals surface area (Å²) < 4.78 is 35.3. The van der Waals surface area contributed by atoms with Crippen LogP contribution in [0.4, 0.5) is 12.9 Å². The van der Waals surface area contributed by atoms with E-state index in [9.17, 15) is 12.9 Å². The van der Waals surface area contributed by atoms with Gasteiger partial charge in [0.1, 0.15) is 0 Å². The van der Waals surface area contributed by atoms with Gasteiger partial charge in [0.25, 0.3) is 0 Å². The van der Waals surface area contributed by atoms with Gasteiger partial charge >= 0.3 is 6.98 Å². The molecule has 1 nitrogen and oxygen atoms in total. The first-order chi connectivity index (χ1) is 5.97. The minimum atomic E-state index is -4.85. The molecule has 0 aliphatic heterocycles. The van der Waals surface area contributed by atoms with Crippen LogP contribution < -0.4 is 0 Å². The van der Waals surface area contributed by atoms with Gasteiger partial charge in [0.05, 0.1) is 0 Å². The van der Waals surface area contributed by atoms with Gasteiger partial charge in [-0.05, 0) is 18.6 Å². The Labute approximate surface area is 74.4 Å². The molecule has 0 radical (unpaired) electrons. The van der Waals surface area contributed by atoms with Crippen molar-refractivity contribution in [3.05, 3.63) is 35.6 Å². The highest BCUT2D eigenvalue weighted by Gasteiger charge is 2.16. The van der Waals surface area contributed by atoms with Crippen molar-refractivity contribution in [1.82, 2.24) is 4.98 Å². The molecule has 13 heavy (non-hydrogen) atoms. The second kappa shape index (κ2) is 3.64. The van der Waals surface area contributed by atoms with E-state index in [1.807, 2.05) is 0 Å². The molecule has 0 aliphatic rings. The number of halogens is 3. The molecule has 1 aromatic rings. The first kappa shape index (κ1) is 9.83. The summed E-state index contributed by atoms with van der Waals surface area (Å²) in [5, 5.41) is 0. The maximum absolute atomic E-state index is 11.8. The molecule has 0 amide bonds. The van der Waals surface area contributed by atoms with Gasteiger partial charge in [-0.1, -0.05) is 12.1 Å². The Kier molecular flexibility index (Phi) is 2.75. The van der Waals surface area contributed by atoms with Crippen molar-refractivity contribution in [3.8, 4) is 0 Å². The standard InChI is InChI=1S/C8H8BF3N/c1-7-2-3-8(6-13-7)4-5-9(10,11)12/h2-6H,1H3/q-1/b5-4+. The summed E-state index contributed by atoms with van der Waals surface area (Å²) in [5.74, 6) is 0.256. The fourth-order valence-electron chi connectivity index (χ4n) is 0.798. The van der Waals surface area contributed by atoms with E-state index in [2.05, 4.69) is 4.98 Å². The third-order valence-electron chi connectivity index (χ3n) is 1.44. The SMILES string of the molecule is Cc1ccc(/C=C/[B-](F)(F)F)cn1. The summed E-state index contributed by atoms with van der Waals surface area (Å²) in [7, 11) is 0. The third kappa shape index (κ3) is 3.78. The van der Waals surface area contributed by atoms with Crippen molar-refractivity contribution < 1.29 is 12.9 Å². The number of nitrogens with zero attached hydrogens (tertiary/aromatic N) is 1. The largest absolute Gasteiger partial charge is 0.502 e. The first-order valence-electron chi connectivity index (χ1n) is 3.79. The van der Waals surface area contributed by atoms with E-state index in [1.165, 1.54) is 6.20 Å². The molecule has 0 bridgehead atoms. The van der Waals surface area contributed by atoms with Gasteiger partial charge in [0.2, 0.25) is 0 Å². The molecule has 0 saturated carbocycles. The number of pyridine rings is 1. The van der Waals surface area contributed by atoms with E-state index in [0.717, 1.165) is 11.8 Å². The van der Waals surface area contributed by atoms with Crippen molar-refractivity contribution in [1.29, 1.82) is 0 Å². The summed E-state index contributed by atoms with van der Waals surface area (Å²) in [5.41, 5.74) is 1.25. The average Bonchev–Trinajstić information content (AvgIpc) is 2.02. The Morgan fingerprint density at radius 3 is 2.46 bits per heavy atom. The first-order valence-corrected chi connectivity index (χ1v) is 3.79. The zero-order valence-corrected chi connectivity index (χ0v) is 7.05. The lowest BCUT2D eigenvalue weighted by atomic mass is 9.91. The molecular formula is C8H8BF3N-. The van der Waals surface area contributed by atoms with Gasteiger partial charge in [-0.15, -0.1) is 5.98 Å². The summed E-state index contributed by atoms with van der Waals surface area (Å²) >= 11 is 0. The molecule has 5 heteroatoms. The van der Waals surface area contributed by atoms with E-state index < -0.39 is 6.98 Å². The molecule has 0 fully saturated rings. The summed E-state index contributed by atoms with van der Waals surface area (Å²) in [4.78, 5) is 3.87. The van der Waals surface area contributed by atoms with E-state index in [0.29, 0.717) is 5.56 Å². The highest BCUT2D eigenvalue weighted by Crippen LogP contribution is 2.12. The number of aromatic nitrogens is 1. The molecule has 0 atom stereocenters. The van der Waals surface area contributed by atoms with Crippen molar-refractivity contribution in [2.75, 3.05) is 0 Å². The van der Waals surface area contributed by atoms with Crippen LogP contribution in [0.3, 0.4) is 0 Å². The van der Waals surface area contributed by atoms with Gasteiger partial charge in [-0.3, -0.25) is 4.98 Å². The van der Waals surface area contributed by atoms with Crippen molar-refractivity contribution in [2.45, 2.75) is 6.92 Å². The van der Waals surface area contributed by atoms with Gasteiger partial charge in [0, 0.05) is 11.9 Å². The van der Waals surface area contributed by atoms with Crippen molar-refractivity contribution in [2.24, 2.45) is 0 Å². The van der Waals surface area contributed by atoms with Crippen LogP contribution in [0.15, 0.2) is 24.3 Å². The second-order valence-electron chi connectivity index (χ2n) is 2.72. The quantitative estimate of drug-likeness (QED) is 0.647. The summed E-state index contributed by atoms with van der Waals surface area (Å²) in [6.45, 7) is -3.07. The van der Waals surface area contributed by atoms with Gasteiger partial charge in [-0.25, -0.2) is 0 Å². The molecular weight excluding hydrogens is 178 g/mol. The highest BCUT2D eigenvalue weighted by molar-refractivity contribution is 6.64. The molecule has 0 aromatic carbocycles. The molecule has 0 spiro atoms. The lowest BCUT2D eigenvalue weighted by Gasteiger charge is -2.05. The molecule has 70 valence electrons. The van der Waals surface area contributed by atoms with Crippen LogP contribution in [0.1, 0.15) is 11.3 Å². The van der Waals surface area contributed by atoms with E-state index in [4.69, 9.17) is 0 Å². The second-order valence-corrected chi connectivity index (χ2v) is 2.72. The van der Waals surface area contributed by atoms with Gasteiger partial charge < -0.3 is 12.9 Å². The normalized spacial score (nSPS) is 12.3. The number of hydrogen-bond donors (Lipinski definition) is 0. The molecule has 0 unspecified atom stereocenters. The molecule has 1 aromatic heterocycles. The monoisotopic (exact) mass is 186 g/mol. The predicted octanol–water partition coefficient (Wildman–Crippen LogP) is 2.79. The van der Waals surface area contributed by atoms with Crippen LogP contribution >= 0.6 is 0 Å². The van der Waals surface area contributed by atoms with Crippen LogP contribution in [0.25, 0.3) is 6.08 Å². The Hall–Kier alpha value is -1.26. The van der Waals surface area contributed by atoms with Crippen LogP contribution in [0.5, 0.6) is 0 Å². The smallest absolute Gasteiger partial charge is 0.445 e. The lowest BCUT2D eigenvalue weighted by Crippen LogP contribution is -2.09. The maximum atomic E-state index is 11.8. The van der Waals surface area contributed by atoms with Crippen molar-refractivity contribution in [3.63, 3.8) is 0 Å². The number of hydrogen-bond acceptors (Lipinski definition) is 1. The Balaban J connectivity index is 2.75. The van der Waals surface area contributed by atoms with E-state index in [-0.39, 0.29) is 5.98 Å². The zero-order valence-electron chi connectivity index (χ0n) is 7.05. The zero-order chi connectivity index (χ0) is 9.90. The average molecular weight is 186 g/mol. The highest BCUT2D eigenvalue weighted by atomic mass is 19.4. The fraction of sp³-hybridized carbons (Fsp3) is 0.125. The van der Waals surface area contributed by atoms with Gasteiger partial charge in [-0.2, -0.15) is 0 Å². The molecule has 1 heterocycles. The topological polar surface area (TPSA) is 12.9 Å². The van der Waals surface area contributed by atoms with Gasteiger partial charge in [0.15, 0.2) is 0 Å². The number of rotatable bonds is 2. The molecule has 0 aliphatic carbocycles. The molecule has 0 saturated heterocycles.